The van der Waals surface area contributed by atoms with Crippen LogP contribution in [0, 0.1) is 17.3 Å². The molecule has 1 saturated heterocycles. The van der Waals surface area contributed by atoms with Gasteiger partial charge < -0.3 is 14.9 Å². The van der Waals surface area contributed by atoms with Gasteiger partial charge in [-0.2, -0.15) is 0 Å². The van der Waals surface area contributed by atoms with Gasteiger partial charge in [0.05, 0.1) is 11.7 Å². The summed E-state index contributed by atoms with van der Waals surface area (Å²) >= 11 is 0. The molecular weight excluding hydrogens is 254 g/mol. The van der Waals surface area contributed by atoms with Gasteiger partial charge in [0.1, 0.15) is 0 Å². The maximum absolute atomic E-state index is 10.2. The molecule has 1 saturated carbocycles. The number of rotatable bonds is 2. The van der Waals surface area contributed by atoms with Crippen molar-refractivity contribution >= 4 is 0 Å². The zero-order chi connectivity index (χ0) is 15.1. The van der Waals surface area contributed by atoms with Crippen LogP contribution in [0.2, 0.25) is 0 Å². The third-order valence-electron chi connectivity index (χ3n) is 4.92. The molecule has 0 radical (unpaired) electrons. The van der Waals surface area contributed by atoms with Gasteiger partial charge in [-0.1, -0.05) is 13.8 Å². The van der Waals surface area contributed by atoms with Crippen molar-refractivity contribution in [3.63, 3.8) is 0 Å². The van der Waals surface area contributed by atoms with Gasteiger partial charge in [-0.25, -0.2) is 0 Å². The van der Waals surface area contributed by atoms with Crippen molar-refractivity contribution in [2.24, 2.45) is 17.3 Å². The normalized spacial score (nSPS) is 41.2. The van der Waals surface area contributed by atoms with Crippen LogP contribution in [0.3, 0.4) is 0 Å². The summed E-state index contributed by atoms with van der Waals surface area (Å²) in [6.07, 6.45) is 2.21. The summed E-state index contributed by atoms with van der Waals surface area (Å²) in [5.41, 5.74) is -0.0845. The minimum atomic E-state index is -0.813. The van der Waals surface area contributed by atoms with Gasteiger partial charge in [-0.05, 0) is 57.3 Å². The molecule has 1 heterocycles. The molecule has 4 nitrogen and oxygen atoms in total. The Morgan fingerprint density at radius 1 is 1.20 bits per heavy atom. The highest BCUT2D eigenvalue weighted by atomic mass is 16.6. The predicted molar refractivity (Wildman–Crippen MR) is 79.0 cm³/mol. The molecule has 1 aliphatic heterocycles. The molecule has 1 spiro atoms. The van der Waals surface area contributed by atoms with E-state index < -0.39 is 6.41 Å². The van der Waals surface area contributed by atoms with E-state index in [4.69, 9.17) is 4.74 Å². The van der Waals surface area contributed by atoms with E-state index in [1.54, 1.807) is 0 Å². The topological polar surface area (TPSA) is 52.9 Å². The lowest BCUT2D eigenvalue weighted by atomic mass is 9.64. The summed E-state index contributed by atoms with van der Waals surface area (Å²) in [6.45, 7) is 11.9. The zero-order valence-electron chi connectivity index (χ0n) is 13.6. The number of aliphatic hydroxyl groups excluding tert-OH is 2. The van der Waals surface area contributed by atoms with Gasteiger partial charge in [0.25, 0.3) is 0 Å². The fraction of sp³-hybridized carbons (Fsp3) is 1.00. The van der Waals surface area contributed by atoms with Crippen LogP contribution < -0.4 is 0 Å². The van der Waals surface area contributed by atoms with Crippen LogP contribution in [0.4, 0.5) is 0 Å². The molecule has 118 valence electrons. The zero-order valence-corrected chi connectivity index (χ0v) is 13.6. The second-order valence-corrected chi connectivity index (χ2v) is 8.13. The van der Waals surface area contributed by atoms with Gasteiger partial charge in [0.2, 0.25) is 6.41 Å². The summed E-state index contributed by atoms with van der Waals surface area (Å²) < 4.78 is 5.66. The fourth-order valence-electron chi connectivity index (χ4n) is 4.13. The standard InChI is InChI=1S/C16H31NO3/c1-11-8-16(9-12(2)13(11)18)6-7-17(10-16)14(19)20-15(3,4)5/h11-14,18-19H,6-10H2,1-5H3. The summed E-state index contributed by atoms with van der Waals surface area (Å²) in [5, 5.41) is 20.4. The smallest absolute Gasteiger partial charge is 0.216 e. The SMILES string of the molecule is CC1CC2(CCN(C(O)OC(C)(C)C)C2)CC(C)C1O. The first kappa shape index (κ1) is 16.2. The summed E-state index contributed by atoms with van der Waals surface area (Å²) in [7, 11) is 0. The highest BCUT2D eigenvalue weighted by Crippen LogP contribution is 2.48. The second kappa shape index (κ2) is 5.56. The van der Waals surface area contributed by atoms with Crippen LogP contribution in [0.5, 0.6) is 0 Å². The molecule has 2 fully saturated rings. The number of ether oxygens (including phenoxy) is 1. The molecule has 2 rings (SSSR count). The Balaban J connectivity index is 1.98. The van der Waals surface area contributed by atoms with Crippen molar-refractivity contribution in [2.75, 3.05) is 13.1 Å². The van der Waals surface area contributed by atoms with E-state index >= 15 is 0 Å². The van der Waals surface area contributed by atoms with Crippen LogP contribution in [0.25, 0.3) is 0 Å². The Labute approximate surface area is 123 Å². The number of nitrogens with zero attached hydrogens (tertiary/aromatic N) is 1. The van der Waals surface area contributed by atoms with Crippen LogP contribution >= 0.6 is 0 Å². The summed E-state index contributed by atoms with van der Waals surface area (Å²) in [4.78, 5) is 2.04. The minimum Gasteiger partial charge on any atom is -0.393 e. The number of likely N-dealkylation sites (tertiary alicyclic amines) is 1. The molecular formula is C16H31NO3. The fourth-order valence-corrected chi connectivity index (χ4v) is 4.13. The van der Waals surface area contributed by atoms with E-state index in [1.807, 2.05) is 25.7 Å². The van der Waals surface area contributed by atoms with Gasteiger partial charge in [-0.15, -0.1) is 0 Å². The number of aliphatic hydroxyl groups is 2. The van der Waals surface area contributed by atoms with Crippen LogP contribution in [-0.2, 0) is 4.74 Å². The largest absolute Gasteiger partial charge is 0.393 e. The lowest BCUT2D eigenvalue weighted by Crippen LogP contribution is -2.45. The van der Waals surface area contributed by atoms with E-state index in [2.05, 4.69) is 13.8 Å². The highest BCUT2D eigenvalue weighted by Gasteiger charge is 2.47. The average molecular weight is 285 g/mol. The first-order valence-electron chi connectivity index (χ1n) is 7.90. The third kappa shape index (κ3) is 3.53. The molecule has 2 N–H and O–H groups in total. The second-order valence-electron chi connectivity index (χ2n) is 8.13. The molecule has 0 aromatic carbocycles. The van der Waals surface area contributed by atoms with Crippen molar-refractivity contribution in [3.05, 3.63) is 0 Å². The maximum atomic E-state index is 10.2. The lowest BCUT2D eigenvalue weighted by Gasteiger charge is -2.43. The highest BCUT2D eigenvalue weighted by molar-refractivity contribution is 4.97. The Kier molecular flexibility index (Phi) is 4.51. The first-order valence-corrected chi connectivity index (χ1v) is 7.90. The molecule has 1 aliphatic carbocycles. The molecule has 2 aliphatic rings. The van der Waals surface area contributed by atoms with E-state index in [0.717, 1.165) is 32.4 Å². The van der Waals surface area contributed by atoms with Gasteiger partial charge >= 0.3 is 0 Å². The maximum Gasteiger partial charge on any atom is 0.216 e. The van der Waals surface area contributed by atoms with Crippen LogP contribution in [0.15, 0.2) is 0 Å². The molecule has 3 atom stereocenters. The van der Waals surface area contributed by atoms with Crippen LogP contribution in [-0.4, -0.2) is 46.3 Å². The summed E-state index contributed by atoms with van der Waals surface area (Å²) in [6, 6.07) is 0. The van der Waals surface area contributed by atoms with Crippen molar-refractivity contribution in [3.8, 4) is 0 Å². The third-order valence-corrected chi connectivity index (χ3v) is 4.92. The van der Waals surface area contributed by atoms with Gasteiger partial charge in [0.15, 0.2) is 0 Å². The van der Waals surface area contributed by atoms with Gasteiger partial charge in [0, 0.05) is 13.1 Å². The molecule has 20 heavy (non-hydrogen) atoms. The first-order chi connectivity index (χ1) is 9.12. The predicted octanol–water partition coefficient (Wildman–Crippen LogP) is 2.20. The molecule has 4 heteroatoms. The van der Waals surface area contributed by atoms with Crippen molar-refractivity contribution in [2.45, 2.75) is 72.0 Å². The van der Waals surface area contributed by atoms with Crippen LogP contribution in [0.1, 0.15) is 53.9 Å². The quantitative estimate of drug-likeness (QED) is 0.764. The minimum absolute atomic E-state index is 0.176. The van der Waals surface area contributed by atoms with E-state index in [9.17, 15) is 10.2 Å². The van der Waals surface area contributed by atoms with E-state index in [-0.39, 0.29) is 17.1 Å². The van der Waals surface area contributed by atoms with Crippen molar-refractivity contribution < 1.29 is 14.9 Å². The van der Waals surface area contributed by atoms with Crippen molar-refractivity contribution in [1.82, 2.24) is 4.90 Å². The molecule has 3 unspecified atom stereocenters. The molecule has 0 bridgehead atoms. The van der Waals surface area contributed by atoms with Crippen molar-refractivity contribution in [1.29, 1.82) is 0 Å². The number of hydrogen-bond acceptors (Lipinski definition) is 4. The Bertz CT molecular complexity index is 327. The molecule has 0 aromatic rings. The Morgan fingerprint density at radius 2 is 1.75 bits per heavy atom. The number of hydrogen-bond donors (Lipinski definition) is 2. The monoisotopic (exact) mass is 285 g/mol. The Hall–Kier alpha value is -0.160. The molecule has 0 aromatic heterocycles. The summed E-state index contributed by atoms with van der Waals surface area (Å²) in [5.74, 6) is 0.693. The van der Waals surface area contributed by atoms with Gasteiger partial charge in [-0.3, -0.25) is 4.90 Å². The Morgan fingerprint density at radius 3 is 2.25 bits per heavy atom. The molecule has 0 amide bonds. The average Bonchev–Trinajstić information content (AvgIpc) is 2.68. The van der Waals surface area contributed by atoms with E-state index in [1.165, 1.54) is 0 Å². The van der Waals surface area contributed by atoms with E-state index in [0.29, 0.717) is 11.8 Å². The lowest BCUT2D eigenvalue weighted by molar-refractivity contribution is -0.236.